The third-order valence-corrected chi connectivity index (χ3v) is 3.88. The summed E-state index contributed by atoms with van der Waals surface area (Å²) in [4.78, 5) is 6.79. The minimum absolute atomic E-state index is 0.135. The van der Waals surface area contributed by atoms with E-state index in [0.29, 0.717) is 11.5 Å². The second-order valence-electron chi connectivity index (χ2n) is 5.58. The molecule has 20 heavy (non-hydrogen) atoms. The molecule has 1 unspecified atom stereocenters. The van der Waals surface area contributed by atoms with Crippen molar-refractivity contribution in [2.75, 3.05) is 13.1 Å². The summed E-state index contributed by atoms with van der Waals surface area (Å²) >= 11 is 0. The molecule has 1 fully saturated rings. The zero-order valence-electron chi connectivity index (χ0n) is 11.9. The molecule has 0 saturated carbocycles. The number of hydrogen-bond acceptors (Lipinski definition) is 3. The zero-order valence-corrected chi connectivity index (χ0v) is 11.9. The van der Waals surface area contributed by atoms with E-state index in [1.165, 1.54) is 0 Å². The third-order valence-electron chi connectivity index (χ3n) is 3.88. The first kappa shape index (κ1) is 13.2. The van der Waals surface area contributed by atoms with E-state index >= 15 is 0 Å². The molecule has 1 aromatic heterocycles. The maximum Gasteiger partial charge on any atom is 0.155 e. The van der Waals surface area contributed by atoms with Crippen molar-refractivity contribution in [3.8, 4) is 0 Å². The number of halogens is 1. The van der Waals surface area contributed by atoms with Gasteiger partial charge in [-0.1, -0.05) is 12.1 Å². The van der Waals surface area contributed by atoms with E-state index < -0.39 is 0 Å². The van der Waals surface area contributed by atoms with Crippen LogP contribution in [0.1, 0.15) is 35.1 Å². The maximum absolute atomic E-state index is 13.3. The predicted octanol–water partition coefficient (Wildman–Crippen LogP) is 2.55. The fourth-order valence-corrected chi connectivity index (χ4v) is 2.79. The average Bonchev–Trinajstić information content (AvgIpc) is 3.03. The summed E-state index contributed by atoms with van der Waals surface area (Å²) in [5.41, 5.74) is 1.87. The standard InChI is InChI=1S/C15H19FN4/c1-10-7-12(3-4-14(10)16)8-20-6-5-13(9-20)15-17-11(2)18-19-15/h3-4,7,13H,5-6,8-9H2,1-2H3,(H,17,18,19). The van der Waals surface area contributed by atoms with Crippen LogP contribution >= 0.6 is 0 Å². The summed E-state index contributed by atoms with van der Waals surface area (Å²) in [5.74, 6) is 2.05. The molecule has 0 bridgehead atoms. The van der Waals surface area contributed by atoms with Gasteiger partial charge in [0, 0.05) is 19.0 Å². The minimum Gasteiger partial charge on any atom is -0.298 e. The van der Waals surface area contributed by atoms with Gasteiger partial charge >= 0.3 is 0 Å². The molecule has 0 aliphatic carbocycles. The highest BCUT2D eigenvalue weighted by Crippen LogP contribution is 2.26. The van der Waals surface area contributed by atoms with Crippen molar-refractivity contribution in [3.05, 3.63) is 46.8 Å². The molecular formula is C15H19FN4. The predicted molar refractivity (Wildman–Crippen MR) is 74.9 cm³/mol. The molecule has 0 amide bonds. The van der Waals surface area contributed by atoms with E-state index in [-0.39, 0.29) is 5.82 Å². The number of aromatic amines is 1. The van der Waals surface area contributed by atoms with Crippen LogP contribution in [0.2, 0.25) is 0 Å². The van der Waals surface area contributed by atoms with Crippen molar-refractivity contribution in [1.29, 1.82) is 0 Å². The normalized spacial score (nSPS) is 19.6. The minimum atomic E-state index is -0.135. The molecule has 1 N–H and O–H groups in total. The second-order valence-corrected chi connectivity index (χ2v) is 5.58. The van der Waals surface area contributed by atoms with Crippen LogP contribution in [0.5, 0.6) is 0 Å². The molecule has 1 aliphatic rings. The number of aromatic nitrogens is 3. The SMILES string of the molecule is Cc1nc(C2CCN(Cc3ccc(F)c(C)c3)C2)n[nH]1. The van der Waals surface area contributed by atoms with Crippen LogP contribution in [0.3, 0.4) is 0 Å². The summed E-state index contributed by atoms with van der Waals surface area (Å²) in [6.07, 6.45) is 1.08. The smallest absolute Gasteiger partial charge is 0.155 e. The highest BCUT2D eigenvalue weighted by Gasteiger charge is 2.26. The summed E-state index contributed by atoms with van der Waals surface area (Å²) in [5, 5.41) is 7.16. The van der Waals surface area contributed by atoms with Crippen LogP contribution in [-0.2, 0) is 6.54 Å². The number of nitrogens with zero attached hydrogens (tertiary/aromatic N) is 3. The molecule has 5 heteroatoms. The number of likely N-dealkylation sites (tertiary alicyclic amines) is 1. The van der Waals surface area contributed by atoms with Crippen LogP contribution in [-0.4, -0.2) is 33.2 Å². The molecule has 1 aliphatic heterocycles. The first-order chi connectivity index (χ1) is 9.61. The Morgan fingerprint density at radius 2 is 2.25 bits per heavy atom. The Bertz CT molecular complexity index is 608. The highest BCUT2D eigenvalue weighted by atomic mass is 19.1. The lowest BCUT2D eigenvalue weighted by atomic mass is 10.1. The second kappa shape index (κ2) is 5.32. The Balaban J connectivity index is 1.64. The van der Waals surface area contributed by atoms with E-state index in [0.717, 1.165) is 43.3 Å². The molecule has 1 saturated heterocycles. The monoisotopic (exact) mass is 274 g/mol. The summed E-state index contributed by atoms with van der Waals surface area (Å²) in [7, 11) is 0. The molecule has 106 valence electrons. The van der Waals surface area contributed by atoms with Gasteiger partial charge in [-0.05, 0) is 44.0 Å². The zero-order chi connectivity index (χ0) is 14.1. The molecule has 0 spiro atoms. The Kier molecular flexibility index (Phi) is 3.53. The van der Waals surface area contributed by atoms with Gasteiger partial charge in [-0.2, -0.15) is 5.10 Å². The van der Waals surface area contributed by atoms with E-state index in [2.05, 4.69) is 20.1 Å². The number of rotatable bonds is 3. The van der Waals surface area contributed by atoms with Crippen molar-refractivity contribution >= 4 is 0 Å². The van der Waals surface area contributed by atoms with Crippen LogP contribution < -0.4 is 0 Å². The summed E-state index contributed by atoms with van der Waals surface area (Å²) < 4.78 is 13.3. The van der Waals surface area contributed by atoms with E-state index in [1.807, 2.05) is 26.0 Å². The van der Waals surface area contributed by atoms with Crippen molar-refractivity contribution in [2.45, 2.75) is 32.7 Å². The molecular weight excluding hydrogens is 255 g/mol. The lowest BCUT2D eigenvalue weighted by Crippen LogP contribution is -2.20. The molecule has 4 nitrogen and oxygen atoms in total. The lowest BCUT2D eigenvalue weighted by Gasteiger charge is -2.15. The van der Waals surface area contributed by atoms with Gasteiger partial charge in [-0.3, -0.25) is 10.00 Å². The van der Waals surface area contributed by atoms with Gasteiger partial charge in [0.1, 0.15) is 11.6 Å². The fourth-order valence-electron chi connectivity index (χ4n) is 2.79. The van der Waals surface area contributed by atoms with Crippen LogP contribution in [0.15, 0.2) is 18.2 Å². The van der Waals surface area contributed by atoms with Crippen molar-refractivity contribution < 1.29 is 4.39 Å². The summed E-state index contributed by atoms with van der Waals surface area (Å²) in [6.45, 7) is 6.59. The van der Waals surface area contributed by atoms with E-state index in [4.69, 9.17) is 0 Å². The van der Waals surface area contributed by atoms with Crippen LogP contribution in [0, 0.1) is 19.7 Å². The van der Waals surface area contributed by atoms with Gasteiger partial charge in [0.2, 0.25) is 0 Å². The van der Waals surface area contributed by atoms with Crippen LogP contribution in [0.25, 0.3) is 0 Å². The number of H-pyrrole nitrogens is 1. The van der Waals surface area contributed by atoms with Gasteiger partial charge < -0.3 is 0 Å². The Hall–Kier alpha value is -1.75. The number of nitrogens with one attached hydrogen (secondary N) is 1. The Morgan fingerprint density at radius 3 is 2.95 bits per heavy atom. The molecule has 2 aromatic rings. The van der Waals surface area contributed by atoms with Gasteiger partial charge in [0.05, 0.1) is 0 Å². The van der Waals surface area contributed by atoms with Gasteiger partial charge in [0.15, 0.2) is 5.82 Å². The first-order valence-electron chi connectivity index (χ1n) is 6.98. The summed E-state index contributed by atoms with van der Waals surface area (Å²) in [6, 6.07) is 5.35. The maximum atomic E-state index is 13.3. The number of benzene rings is 1. The Labute approximate surface area is 118 Å². The number of hydrogen-bond donors (Lipinski definition) is 1. The quantitative estimate of drug-likeness (QED) is 0.935. The highest BCUT2D eigenvalue weighted by molar-refractivity contribution is 5.24. The molecule has 3 rings (SSSR count). The average molecular weight is 274 g/mol. The largest absolute Gasteiger partial charge is 0.298 e. The Morgan fingerprint density at radius 1 is 1.40 bits per heavy atom. The molecule has 2 heterocycles. The van der Waals surface area contributed by atoms with E-state index in [9.17, 15) is 4.39 Å². The van der Waals surface area contributed by atoms with Gasteiger partial charge in [-0.25, -0.2) is 9.37 Å². The van der Waals surface area contributed by atoms with Crippen molar-refractivity contribution in [2.24, 2.45) is 0 Å². The topological polar surface area (TPSA) is 44.8 Å². The molecule has 1 aromatic carbocycles. The van der Waals surface area contributed by atoms with Gasteiger partial charge in [0.25, 0.3) is 0 Å². The molecule has 1 atom stereocenters. The first-order valence-corrected chi connectivity index (χ1v) is 6.98. The fraction of sp³-hybridized carbons (Fsp3) is 0.467. The van der Waals surface area contributed by atoms with E-state index in [1.54, 1.807) is 6.07 Å². The lowest BCUT2D eigenvalue weighted by molar-refractivity contribution is 0.325. The van der Waals surface area contributed by atoms with Crippen LogP contribution in [0.4, 0.5) is 4.39 Å². The van der Waals surface area contributed by atoms with Crippen molar-refractivity contribution in [1.82, 2.24) is 20.1 Å². The van der Waals surface area contributed by atoms with Crippen molar-refractivity contribution in [3.63, 3.8) is 0 Å². The van der Waals surface area contributed by atoms with Gasteiger partial charge in [-0.15, -0.1) is 0 Å². The third kappa shape index (κ3) is 2.72. The molecule has 0 radical (unpaired) electrons. The number of aryl methyl sites for hydroxylation is 2.